The molecule has 0 radical (unpaired) electrons. The Hall–Kier alpha value is -3.21. The average molecular weight is 379 g/mol. The number of methoxy groups -OCH3 is 1. The number of fused-ring (bicyclic) bond motifs is 1. The molecule has 1 aromatic heterocycles. The number of nitrogens with one attached hydrogen (secondary N) is 1. The van der Waals surface area contributed by atoms with Crippen LogP contribution in [-0.2, 0) is 9.53 Å². The van der Waals surface area contributed by atoms with E-state index in [2.05, 4.69) is 22.1 Å². The van der Waals surface area contributed by atoms with Crippen LogP contribution in [0.1, 0.15) is 21.8 Å². The van der Waals surface area contributed by atoms with Crippen molar-refractivity contribution in [3.8, 4) is 11.8 Å². The molecular weight excluding hydrogens is 362 g/mol. The Morgan fingerprint density at radius 1 is 1.19 bits per heavy atom. The predicted molar refractivity (Wildman–Crippen MR) is 104 cm³/mol. The van der Waals surface area contributed by atoms with Crippen molar-refractivity contribution >= 4 is 33.4 Å². The van der Waals surface area contributed by atoms with Gasteiger partial charge in [-0.05, 0) is 24.3 Å². The first kappa shape index (κ1) is 18.6. The van der Waals surface area contributed by atoms with Crippen molar-refractivity contribution in [1.29, 1.82) is 0 Å². The molecule has 0 saturated carbocycles. The molecule has 3 aromatic rings. The molecule has 0 spiro atoms. The quantitative estimate of drug-likeness (QED) is 0.412. The molecule has 0 bridgehead atoms. The lowest BCUT2D eigenvalue weighted by Gasteiger charge is -2.25. The largest absolute Gasteiger partial charge is 0.466 e. The monoisotopic (exact) mass is 379 g/mol. The first-order valence-corrected chi connectivity index (χ1v) is 8.93. The summed E-state index contributed by atoms with van der Waals surface area (Å²) in [6, 6.07) is 16.6. The van der Waals surface area contributed by atoms with Gasteiger partial charge in [0.1, 0.15) is 0 Å². The maximum Gasteiger partial charge on any atom is 0.347 e. The van der Waals surface area contributed by atoms with Gasteiger partial charge in [0.15, 0.2) is 10.7 Å². The van der Waals surface area contributed by atoms with Crippen LogP contribution in [0, 0.1) is 11.8 Å². The Labute approximate surface area is 160 Å². The van der Waals surface area contributed by atoms with Crippen LogP contribution in [0.4, 0.5) is 0 Å². The maximum absolute atomic E-state index is 12.6. The van der Waals surface area contributed by atoms with Gasteiger partial charge < -0.3 is 10.1 Å². The fraction of sp³-hybridized carbons (Fsp3) is 0.150. The Balaban J connectivity index is 1.80. The summed E-state index contributed by atoms with van der Waals surface area (Å²) in [4.78, 5) is 29.0. The van der Waals surface area contributed by atoms with E-state index >= 15 is 0 Å². The van der Waals surface area contributed by atoms with Crippen molar-refractivity contribution in [2.24, 2.45) is 5.73 Å². The summed E-state index contributed by atoms with van der Waals surface area (Å²) >= 11 is 1.22. The van der Waals surface area contributed by atoms with E-state index in [4.69, 9.17) is 10.5 Å². The third-order valence-corrected chi connectivity index (χ3v) is 4.78. The number of ether oxygens (including phenoxy) is 1. The Morgan fingerprint density at radius 3 is 2.59 bits per heavy atom. The van der Waals surface area contributed by atoms with Crippen LogP contribution in [0.3, 0.4) is 0 Å². The smallest absolute Gasteiger partial charge is 0.347 e. The average Bonchev–Trinajstić information content (AvgIpc) is 3.12. The number of aromatic nitrogens is 1. The van der Waals surface area contributed by atoms with Crippen LogP contribution >= 0.6 is 11.3 Å². The SMILES string of the molecule is COC(=O)C(N)(CC#Cc1ccccc1)NC(=O)c1nc2ccccc2s1. The van der Waals surface area contributed by atoms with Gasteiger partial charge in [0.05, 0.1) is 23.7 Å². The number of carbonyl (C=O) groups is 2. The van der Waals surface area contributed by atoms with Crippen LogP contribution in [-0.4, -0.2) is 29.6 Å². The van der Waals surface area contributed by atoms with Crippen molar-refractivity contribution in [3.05, 3.63) is 65.2 Å². The van der Waals surface area contributed by atoms with E-state index in [0.717, 1.165) is 10.3 Å². The van der Waals surface area contributed by atoms with Gasteiger partial charge in [-0.25, -0.2) is 9.78 Å². The third-order valence-electron chi connectivity index (χ3n) is 3.75. The van der Waals surface area contributed by atoms with E-state index in [1.807, 2.05) is 54.6 Å². The number of hydrogen-bond donors (Lipinski definition) is 2. The highest BCUT2D eigenvalue weighted by molar-refractivity contribution is 7.20. The van der Waals surface area contributed by atoms with Gasteiger partial charge in [-0.2, -0.15) is 0 Å². The van der Waals surface area contributed by atoms with Crippen molar-refractivity contribution in [2.45, 2.75) is 12.1 Å². The fourth-order valence-electron chi connectivity index (χ4n) is 2.38. The van der Waals surface area contributed by atoms with Crippen LogP contribution in [0.15, 0.2) is 54.6 Å². The Kier molecular flexibility index (Phi) is 5.50. The van der Waals surface area contributed by atoms with E-state index in [1.54, 1.807) is 0 Å². The molecule has 0 aliphatic rings. The number of nitrogens with zero attached hydrogens (tertiary/aromatic N) is 1. The second-order valence-electron chi connectivity index (χ2n) is 5.75. The second-order valence-corrected chi connectivity index (χ2v) is 6.78. The lowest BCUT2D eigenvalue weighted by atomic mass is 10.1. The zero-order chi connectivity index (χ0) is 19.3. The minimum absolute atomic E-state index is 0.106. The molecule has 136 valence electrons. The standard InChI is InChI=1S/C20H17N3O3S/c1-26-19(25)20(21,13-7-10-14-8-3-2-4-9-14)23-17(24)18-22-15-11-5-6-12-16(15)27-18/h2-6,8-9,11-12H,13,21H2,1H3,(H,23,24). The van der Waals surface area contributed by atoms with Crippen LogP contribution in [0.2, 0.25) is 0 Å². The first-order valence-electron chi connectivity index (χ1n) is 8.11. The van der Waals surface area contributed by atoms with Crippen molar-refractivity contribution in [1.82, 2.24) is 10.3 Å². The van der Waals surface area contributed by atoms with Crippen molar-refractivity contribution in [3.63, 3.8) is 0 Å². The molecule has 3 N–H and O–H groups in total. The molecule has 1 amide bonds. The number of carbonyl (C=O) groups excluding carboxylic acids is 2. The highest BCUT2D eigenvalue weighted by Gasteiger charge is 2.37. The molecule has 0 fully saturated rings. The lowest BCUT2D eigenvalue weighted by molar-refractivity contribution is -0.147. The van der Waals surface area contributed by atoms with E-state index in [1.165, 1.54) is 18.4 Å². The van der Waals surface area contributed by atoms with Gasteiger partial charge in [0, 0.05) is 5.56 Å². The summed E-state index contributed by atoms with van der Waals surface area (Å²) in [6.07, 6.45) is -0.106. The molecule has 27 heavy (non-hydrogen) atoms. The maximum atomic E-state index is 12.6. The molecule has 0 saturated heterocycles. The number of amides is 1. The van der Waals surface area contributed by atoms with E-state index in [0.29, 0.717) is 5.52 Å². The van der Waals surface area contributed by atoms with Gasteiger partial charge in [-0.15, -0.1) is 11.3 Å². The number of thiazole rings is 1. The van der Waals surface area contributed by atoms with E-state index in [-0.39, 0.29) is 11.4 Å². The number of benzene rings is 2. The Morgan fingerprint density at radius 2 is 1.89 bits per heavy atom. The lowest BCUT2D eigenvalue weighted by Crippen LogP contribution is -2.61. The van der Waals surface area contributed by atoms with Crippen molar-refractivity contribution < 1.29 is 14.3 Å². The summed E-state index contributed by atoms with van der Waals surface area (Å²) in [5, 5.41) is 2.73. The van der Waals surface area contributed by atoms with E-state index in [9.17, 15) is 9.59 Å². The van der Waals surface area contributed by atoms with Crippen molar-refractivity contribution in [2.75, 3.05) is 7.11 Å². The van der Waals surface area contributed by atoms with Gasteiger partial charge in [-0.3, -0.25) is 10.5 Å². The topological polar surface area (TPSA) is 94.3 Å². The molecule has 1 atom stereocenters. The summed E-state index contributed by atoms with van der Waals surface area (Å²) in [5.41, 5.74) is 5.83. The fourth-order valence-corrected chi connectivity index (χ4v) is 3.24. The van der Waals surface area contributed by atoms with Gasteiger partial charge in [0.2, 0.25) is 0 Å². The molecule has 7 heteroatoms. The number of para-hydroxylation sites is 1. The number of rotatable bonds is 4. The molecule has 1 heterocycles. The zero-order valence-corrected chi connectivity index (χ0v) is 15.4. The van der Waals surface area contributed by atoms with Gasteiger partial charge >= 0.3 is 5.97 Å². The third kappa shape index (κ3) is 4.31. The highest BCUT2D eigenvalue weighted by atomic mass is 32.1. The molecule has 0 aliphatic carbocycles. The normalized spacial score (nSPS) is 12.5. The summed E-state index contributed by atoms with van der Waals surface area (Å²) in [7, 11) is 1.21. The molecule has 0 aliphatic heterocycles. The molecular formula is C20H17N3O3S. The first-order chi connectivity index (χ1) is 13.0. The number of hydrogen-bond acceptors (Lipinski definition) is 6. The summed E-state index contributed by atoms with van der Waals surface area (Å²) < 4.78 is 5.62. The predicted octanol–water partition coefficient (Wildman–Crippen LogP) is 2.30. The molecule has 3 rings (SSSR count). The van der Waals surface area contributed by atoms with Crippen LogP contribution < -0.4 is 11.1 Å². The minimum Gasteiger partial charge on any atom is -0.466 e. The number of nitrogens with two attached hydrogens (primary N) is 1. The molecule has 2 aromatic carbocycles. The number of esters is 1. The second kappa shape index (κ2) is 7.99. The van der Waals surface area contributed by atoms with Gasteiger partial charge in [0.25, 0.3) is 5.91 Å². The molecule has 1 unspecified atom stereocenters. The van der Waals surface area contributed by atoms with E-state index < -0.39 is 17.5 Å². The summed E-state index contributed by atoms with van der Waals surface area (Å²) in [6.45, 7) is 0. The zero-order valence-electron chi connectivity index (χ0n) is 14.6. The van der Waals surface area contributed by atoms with Crippen LogP contribution in [0.25, 0.3) is 10.2 Å². The molecule has 6 nitrogen and oxygen atoms in total. The summed E-state index contributed by atoms with van der Waals surface area (Å²) in [5.74, 6) is 4.42. The van der Waals surface area contributed by atoms with Crippen LogP contribution in [0.5, 0.6) is 0 Å². The minimum atomic E-state index is -1.77. The Bertz CT molecular complexity index is 1000. The highest BCUT2D eigenvalue weighted by Crippen LogP contribution is 2.22. The van der Waals surface area contributed by atoms with Gasteiger partial charge in [-0.1, -0.05) is 42.2 Å².